The minimum absolute atomic E-state index is 0. The second-order valence-corrected chi connectivity index (χ2v) is 16.9. The molecule has 0 aliphatic heterocycles. The number of hydrogen-bond donors (Lipinski definition) is 1. The van der Waals surface area contributed by atoms with Crippen LogP contribution in [0.2, 0.25) is 0 Å². The van der Waals surface area contributed by atoms with Gasteiger partial charge in [-0.2, -0.15) is 0 Å². The van der Waals surface area contributed by atoms with E-state index in [1.165, 1.54) is 28.3 Å². The minimum atomic E-state index is 0. The molecule has 0 aliphatic carbocycles. The summed E-state index contributed by atoms with van der Waals surface area (Å²) in [6.45, 7) is 27.4. The molecule has 1 radical (unpaired) electrons. The van der Waals surface area contributed by atoms with Crippen LogP contribution in [-0.2, 0) is 24.9 Å². The molecule has 0 atom stereocenters. The summed E-state index contributed by atoms with van der Waals surface area (Å²) in [7, 11) is 0. The van der Waals surface area contributed by atoms with Crippen LogP contribution in [0.1, 0.15) is 149 Å². The number of rotatable bonds is 12. The number of aromatic nitrogens is 2. The van der Waals surface area contributed by atoms with E-state index in [0.717, 1.165) is 80.9 Å². The Morgan fingerprint density at radius 1 is 0.617 bits per heavy atom. The van der Waals surface area contributed by atoms with Crippen LogP contribution in [0.25, 0.3) is 44.1 Å². The van der Waals surface area contributed by atoms with Gasteiger partial charge in [0.2, 0.25) is 0 Å². The number of carbonyl (C=O) groups excluding carboxylic acids is 1. The van der Waals surface area contributed by atoms with Gasteiger partial charge in [0.05, 0.1) is 8.50 Å². The molecule has 0 spiro atoms. The van der Waals surface area contributed by atoms with Gasteiger partial charge in [-0.15, -0.1) is 69.8 Å². The second kappa shape index (κ2) is 23.5. The molecule has 6 rings (SSSR count). The first kappa shape index (κ1) is 46.6. The molecule has 4 nitrogen and oxygen atoms in total. The number of aliphatic hydroxyl groups is 1. The van der Waals surface area contributed by atoms with Gasteiger partial charge in [-0.05, 0) is 99.6 Å². The maximum absolute atomic E-state index is 11.7. The molecule has 4 aromatic carbocycles. The van der Waals surface area contributed by atoms with Gasteiger partial charge in [0.25, 0.3) is 0 Å². The summed E-state index contributed by atoms with van der Waals surface area (Å²) < 4.78 is 16.1. The van der Waals surface area contributed by atoms with E-state index in [2.05, 4.69) is 138 Å². The summed E-state index contributed by atoms with van der Waals surface area (Å²) in [6.07, 6.45) is 5.51. The first-order valence-corrected chi connectivity index (χ1v) is 21.7. The van der Waals surface area contributed by atoms with Gasteiger partial charge in [0, 0.05) is 50.4 Å². The third-order valence-electron chi connectivity index (χ3n) is 11.2. The fourth-order valence-electron chi connectivity index (χ4n) is 7.42. The molecule has 0 bridgehead atoms. The average molecular weight is 983 g/mol. The summed E-state index contributed by atoms with van der Waals surface area (Å²) in [4.78, 5) is 20.7. The van der Waals surface area contributed by atoms with Crippen molar-refractivity contribution < 1.29 is 32.7 Å². The van der Waals surface area contributed by atoms with Crippen LogP contribution in [0, 0.1) is 44.7 Å². The van der Waals surface area contributed by atoms with E-state index in [4.69, 9.17) is 2.74 Å². The first-order valence-electron chi connectivity index (χ1n) is 22.7. The number of benzene rings is 4. The number of hydrogen-bond acceptors (Lipinski definition) is 4. The van der Waals surface area contributed by atoms with Crippen molar-refractivity contribution in [3.05, 3.63) is 142 Å². The number of pyridine rings is 2. The normalized spacial score (nSPS) is 12.0. The van der Waals surface area contributed by atoms with E-state index < -0.39 is 0 Å². The Morgan fingerprint density at radius 3 is 1.47 bits per heavy atom. The maximum atomic E-state index is 11.7. The van der Waals surface area contributed by atoms with Crippen LogP contribution < -0.4 is 0 Å². The predicted octanol–water partition coefficient (Wildman–Crippen LogP) is 15.6. The Hall–Kier alpha value is -4.44. The number of carbonyl (C=O) groups is 1. The van der Waals surface area contributed by atoms with E-state index >= 15 is 0 Å². The zero-order valence-corrected chi connectivity index (χ0v) is 40.7. The molecule has 1 N–H and O–H groups in total. The smallest absolute Gasteiger partial charge is 0.162 e. The van der Waals surface area contributed by atoms with Crippen LogP contribution in [0.15, 0.2) is 97.0 Å². The van der Waals surface area contributed by atoms with Gasteiger partial charge in [-0.25, -0.2) is 0 Å². The summed E-state index contributed by atoms with van der Waals surface area (Å²) in [5.41, 5.74) is 10.9. The van der Waals surface area contributed by atoms with Crippen molar-refractivity contribution >= 4 is 27.3 Å². The van der Waals surface area contributed by atoms with E-state index in [1.807, 2.05) is 46.8 Å². The third kappa shape index (κ3) is 13.3. The fourth-order valence-corrected chi connectivity index (χ4v) is 7.42. The molecule has 0 saturated heterocycles. The molecule has 0 saturated carbocycles. The Kier molecular flexibility index (Phi) is 18.3. The fraction of sp³-hybridized carbons (Fsp3) is 0.400. The number of fused-ring (bicyclic) bond motifs is 2. The largest absolute Gasteiger partial charge is 0.512 e. The van der Waals surface area contributed by atoms with Gasteiger partial charge in [0.15, 0.2) is 5.78 Å². The molecule has 5 heteroatoms. The molecule has 60 heavy (non-hydrogen) atoms. The van der Waals surface area contributed by atoms with Crippen LogP contribution in [0.3, 0.4) is 0 Å². The monoisotopic (exact) mass is 984 g/mol. The summed E-state index contributed by atoms with van der Waals surface area (Å²) in [5, 5.41) is 14.1. The molecular formula is C55H68IrN2O2-2. The Morgan fingerprint density at radius 2 is 1.05 bits per heavy atom. The van der Waals surface area contributed by atoms with Gasteiger partial charge in [0.1, 0.15) is 0 Å². The Bertz CT molecular complexity index is 2440. The van der Waals surface area contributed by atoms with Crippen LogP contribution in [-0.4, -0.2) is 20.9 Å². The average Bonchev–Trinajstić information content (AvgIpc) is 3.20. The van der Waals surface area contributed by atoms with Gasteiger partial charge in [-0.3, -0.25) is 4.79 Å². The maximum Gasteiger partial charge on any atom is 0.162 e. The quantitative estimate of drug-likeness (QED) is 0.0754. The summed E-state index contributed by atoms with van der Waals surface area (Å²) >= 11 is 0. The van der Waals surface area contributed by atoms with Crippen molar-refractivity contribution in [2.75, 3.05) is 0 Å². The number of aryl methyl sites for hydroxylation is 3. The topological polar surface area (TPSA) is 63.1 Å². The number of aliphatic hydroxyl groups excluding tert-OH is 1. The first-order chi connectivity index (χ1) is 28.9. The van der Waals surface area contributed by atoms with Crippen molar-refractivity contribution in [1.29, 1.82) is 0 Å². The van der Waals surface area contributed by atoms with E-state index in [9.17, 15) is 9.90 Å². The zero-order chi connectivity index (χ0) is 45.1. The zero-order valence-electron chi connectivity index (χ0n) is 40.3. The standard InChI is InChI=1S/C22H24N.C20H20N.C13H24O2.Ir/c1-14(2)17-6-7-21-18(12-17)8-9-23-22(21)20-11-16(5)10-19(13-20)15(3)4;1-13(2)16-5-6-19-17(12-16)7-8-21-20(19)18-10-14(3)9-15(4)11-18;1-5-10(6-2)12(14)9-13(15)11(7-3)8-4;/h6-10,12-15H,1-5H3;5-10,12-13H,1-4H3;9-11,14H,5-8H2,1-4H3;/q2*-1;;/b;;12-9-;/i9D;8D;;. The predicted molar refractivity (Wildman–Crippen MR) is 252 cm³/mol. The molecule has 2 aromatic heterocycles. The van der Waals surface area contributed by atoms with Gasteiger partial charge in [-0.1, -0.05) is 126 Å². The number of allylic oxidation sites excluding steroid dienone is 2. The SMILES string of the molecule is CCC(CC)C(=O)/C=C(\O)C(CC)CC.[2H]c1cc2cc(C(C)C)ccc2c(-c2[c-]c(C)cc(C(C)C)c2)n1.[2H]c1cc2cc(C(C)C)ccc2c(-c2[c-]c(C)cc(C)c2)n1.[Ir]. The Labute approximate surface area is 378 Å². The molecule has 0 unspecified atom stereocenters. The molecule has 321 valence electrons. The van der Waals surface area contributed by atoms with Gasteiger partial charge >= 0.3 is 0 Å². The van der Waals surface area contributed by atoms with Crippen molar-refractivity contribution in [2.24, 2.45) is 11.8 Å². The van der Waals surface area contributed by atoms with Crippen LogP contribution >= 0.6 is 0 Å². The van der Waals surface area contributed by atoms with Crippen LogP contribution in [0.4, 0.5) is 0 Å². The molecule has 0 aliphatic rings. The Balaban J connectivity index is 0.000000253. The van der Waals surface area contributed by atoms with Crippen molar-refractivity contribution in [2.45, 2.75) is 133 Å². The number of ketones is 1. The molecule has 0 fully saturated rings. The van der Waals surface area contributed by atoms with E-state index in [0.29, 0.717) is 30.1 Å². The summed E-state index contributed by atoms with van der Waals surface area (Å²) in [5.74, 6) is 1.95. The molecule has 2 heterocycles. The molecule has 6 aromatic rings. The summed E-state index contributed by atoms with van der Waals surface area (Å²) in [6, 6.07) is 32.0. The van der Waals surface area contributed by atoms with Crippen molar-refractivity contribution in [1.82, 2.24) is 9.97 Å². The van der Waals surface area contributed by atoms with Gasteiger partial charge < -0.3 is 15.1 Å². The minimum Gasteiger partial charge on any atom is -0.512 e. The third-order valence-corrected chi connectivity index (χ3v) is 11.2. The van der Waals surface area contributed by atoms with E-state index in [-0.39, 0.29) is 43.5 Å². The van der Waals surface area contributed by atoms with E-state index in [1.54, 1.807) is 0 Å². The molecular weight excluding hydrogens is 913 g/mol. The van der Waals surface area contributed by atoms with Crippen LogP contribution in [0.5, 0.6) is 0 Å². The second-order valence-electron chi connectivity index (χ2n) is 16.9. The number of nitrogens with zero attached hydrogens (tertiary/aromatic N) is 2. The van der Waals surface area contributed by atoms with Crippen molar-refractivity contribution in [3.8, 4) is 22.5 Å². The molecule has 0 amide bonds. The van der Waals surface area contributed by atoms with Crippen molar-refractivity contribution in [3.63, 3.8) is 0 Å².